The van der Waals surface area contributed by atoms with Gasteiger partial charge in [0.1, 0.15) is 11.6 Å². The molecule has 41 heavy (non-hydrogen) atoms. The zero-order chi connectivity index (χ0) is 29.6. The first-order valence-corrected chi connectivity index (χ1v) is 14.4. The Morgan fingerprint density at radius 2 is 1.83 bits per heavy atom. The first-order valence-electron chi connectivity index (χ1n) is 14.4. The lowest BCUT2D eigenvalue weighted by atomic mass is 10.0. The van der Waals surface area contributed by atoms with Gasteiger partial charge in [-0.25, -0.2) is 9.78 Å². The number of methoxy groups -OCH3 is 1. The molecule has 2 heterocycles. The van der Waals surface area contributed by atoms with Crippen LogP contribution in [-0.2, 0) is 6.54 Å². The molecule has 0 atom stereocenters. The van der Waals surface area contributed by atoms with Crippen LogP contribution in [0.2, 0.25) is 0 Å². The van der Waals surface area contributed by atoms with E-state index in [9.17, 15) is 9.90 Å². The molecule has 0 saturated carbocycles. The third kappa shape index (κ3) is 7.30. The van der Waals surface area contributed by atoms with Gasteiger partial charge in [0.25, 0.3) is 0 Å². The summed E-state index contributed by atoms with van der Waals surface area (Å²) in [6, 6.07) is 14.6. The maximum atomic E-state index is 11.7. The van der Waals surface area contributed by atoms with Crippen LogP contribution in [0.5, 0.6) is 5.75 Å². The van der Waals surface area contributed by atoms with Crippen LogP contribution in [0.3, 0.4) is 0 Å². The number of carboxylic acid groups (broad SMARTS) is 1. The average molecular weight is 564 g/mol. The first-order chi connectivity index (χ1) is 19.6. The number of hydrogen-bond donors (Lipinski definition) is 3. The second kappa shape index (κ2) is 13.2. The smallest absolute Gasteiger partial charge is 0.407 e. The van der Waals surface area contributed by atoms with Gasteiger partial charge in [-0.15, -0.1) is 0 Å². The summed E-state index contributed by atoms with van der Waals surface area (Å²) in [6.07, 6.45) is 1.74. The minimum atomic E-state index is -0.909. The third-order valence-electron chi connectivity index (χ3n) is 7.63. The molecule has 0 aliphatic carbocycles. The number of benzene rings is 2. The Balaban J connectivity index is 1.69. The lowest BCUT2D eigenvalue weighted by Gasteiger charge is -2.37. The number of para-hydroxylation sites is 1. The van der Waals surface area contributed by atoms with Crippen LogP contribution in [0.15, 0.2) is 42.5 Å². The zero-order valence-corrected chi connectivity index (χ0v) is 25.3. The van der Waals surface area contributed by atoms with Crippen molar-refractivity contribution in [2.45, 2.75) is 58.2 Å². The van der Waals surface area contributed by atoms with E-state index in [4.69, 9.17) is 14.7 Å². The summed E-state index contributed by atoms with van der Waals surface area (Å²) in [4.78, 5) is 27.7. The molecule has 4 rings (SSSR count). The molecule has 0 spiro atoms. The van der Waals surface area contributed by atoms with Gasteiger partial charge in [-0.2, -0.15) is 4.98 Å². The predicted octanol–water partition coefficient (Wildman–Crippen LogP) is 5.04. The van der Waals surface area contributed by atoms with Crippen LogP contribution >= 0.6 is 0 Å². The van der Waals surface area contributed by atoms with Gasteiger partial charge in [0, 0.05) is 55.4 Å². The van der Waals surface area contributed by atoms with Crippen LogP contribution < -0.4 is 25.2 Å². The second-order valence-electron chi connectivity index (χ2n) is 11.7. The maximum Gasteiger partial charge on any atom is 0.407 e. The molecule has 3 aromatic rings. The van der Waals surface area contributed by atoms with Gasteiger partial charge in [0.2, 0.25) is 5.95 Å². The molecule has 222 valence electrons. The monoisotopic (exact) mass is 563 g/mol. The number of rotatable bonds is 11. The van der Waals surface area contributed by atoms with Crippen molar-refractivity contribution in [2.24, 2.45) is 0 Å². The van der Waals surface area contributed by atoms with Crippen LogP contribution in [-0.4, -0.2) is 85.0 Å². The van der Waals surface area contributed by atoms with Gasteiger partial charge in [-0.3, -0.25) is 0 Å². The van der Waals surface area contributed by atoms with Crippen molar-refractivity contribution in [1.82, 2.24) is 20.2 Å². The zero-order valence-electron chi connectivity index (χ0n) is 25.3. The van der Waals surface area contributed by atoms with Gasteiger partial charge < -0.3 is 35.2 Å². The summed E-state index contributed by atoms with van der Waals surface area (Å²) in [6.45, 7) is 9.26. The van der Waals surface area contributed by atoms with E-state index in [1.54, 1.807) is 7.11 Å². The number of aromatic nitrogens is 2. The molecular weight excluding hydrogens is 518 g/mol. The Morgan fingerprint density at radius 3 is 2.49 bits per heavy atom. The maximum absolute atomic E-state index is 11.7. The normalized spacial score (nSPS) is 14.1. The number of nitrogens with zero attached hydrogens (tertiary/aromatic N) is 5. The van der Waals surface area contributed by atoms with E-state index in [0.29, 0.717) is 38.0 Å². The molecule has 3 N–H and O–H groups in total. The quantitative estimate of drug-likeness (QED) is 0.277. The fourth-order valence-electron chi connectivity index (χ4n) is 5.50. The molecule has 1 saturated heterocycles. The van der Waals surface area contributed by atoms with Gasteiger partial charge in [-0.1, -0.05) is 18.2 Å². The number of fused-ring (bicyclic) bond motifs is 1. The molecule has 1 aliphatic rings. The summed E-state index contributed by atoms with van der Waals surface area (Å²) in [5, 5.41) is 17.5. The molecule has 1 fully saturated rings. The van der Waals surface area contributed by atoms with Gasteiger partial charge in [0.15, 0.2) is 0 Å². The van der Waals surface area contributed by atoms with E-state index < -0.39 is 11.6 Å². The molecule has 0 bridgehead atoms. The highest BCUT2D eigenvalue weighted by Crippen LogP contribution is 2.35. The Morgan fingerprint density at radius 1 is 1.10 bits per heavy atom. The van der Waals surface area contributed by atoms with E-state index in [2.05, 4.69) is 46.7 Å². The van der Waals surface area contributed by atoms with Crippen molar-refractivity contribution in [3.63, 3.8) is 0 Å². The van der Waals surface area contributed by atoms with Crippen molar-refractivity contribution in [2.75, 3.05) is 62.5 Å². The van der Waals surface area contributed by atoms with Crippen molar-refractivity contribution in [3.05, 3.63) is 48.0 Å². The SMILES string of the molecule is COc1cccc(N(C)C)c1CN(c1nc(NCCCN(C(=O)O)C(C)(C)C)nc2ccccc12)C1CCNCC1. The molecule has 0 radical (unpaired) electrons. The van der Waals surface area contributed by atoms with Crippen molar-refractivity contribution >= 4 is 34.4 Å². The molecule has 1 amide bonds. The summed E-state index contributed by atoms with van der Waals surface area (Å²) in [7, 11) is 5.83. The summed E-state index contributed by atoms with van der Waals surface area (Å²) in [5.74, 6) is 2.29. The van der Waals surface area contributed by atoms with Crippen LogP contribution in [0.4, 0.5) is 22.2 Å². The number of piperidine rings is 1. The molecule has 10 nitrogen and oxygen atoms in total. The minimum absolute atomic E-state index is 0.290. The first kappa shape index (κ1) is 30.2. The Bertz CT molecular complexity index is 1320. The van der Waals surface area contributed by atoms with E-state index >= 15 is 0 Å². The largest absolute Gasteiger partial charge is 0.496 e. The second-order valence-corrected chi connectivity index (χ2v) is 11.7. The van der Waals surface area contributed by atoms with E-state index in [1.807, 2.05) is 51.1 Å². The van der Waals surface area contributed by atoms with Crippen LogP contribution in [0, 0.1) is 0 Å². The Hall–Kier alpha value is -3.79. The van der Waals surface area contributed by atoms with Crippen molar-refractivity contribution in [1.29, 1.82) is 0 Å². The number of anilines is 3. The molecule has 10 heteroatoms. The lowest BCUT2D eigenvalue weighted by molar-refractivity contribution is 0.100. The summed E-state index contributed by atoms with van der Waals surface area (Å²) in [5.41, 5.74) is 2.64. The average Bonchev–Trinajstić information content (AvgIpc) is 2.94. The Labute approximate surface area is 243 Å². The van der Waals surface area contributed by atoms with E-state index in [-0.39, 0.29) is 0 Å². The third-order valence-corrected chi connectivity index (χ3v) is 7.63. The highest BCUT2D eigenvalue weighted by molar-refractivity contribution is 5.90. The van der Waals surface area contributed by atoms with E-state index in [0.717, 1.165) is 59.7 Å². The van der Waals surface area contributed by atoms with Crippen molar-refractivity contribution < 1.29 is 14.6 Å². The lowest BCUT2D eigenvalue weighted by Crippen LogP contribution is -2.45. The summed E-state index contributed by atoms with van der Waals surface area (Å²) >= 11 is 0. The number of ether oxygens (including phenoxy) is 1. The number of amides is 1. The highest BCUT2D eigenvalue weighted by atomic mass is 16.5. The number of hydrogen-bond acceptors (Lipinski definition) is 8. The summed E-state index contributed by atoms with van der Waals surface area (Å²) < 4.78 is 5.84. The van der Waals surface area contributed by atoms with E-state index in [1.165, 1.54) is 4.90 Å². The highest BCUT2D eigenvalue weighted by Gasteiger charge is 2.28. The number of carbonyl (C=O) groups is 1. The molecule has 1 aromatic heterocycles. The van der Waals surface area contributed by atoms with Gasteiger partial charge in [-0.05, 0) is 77.4 Å². The molecule has 2 aromatic carbocycles. The molecular formula is C31H45N7O3. The standard InChI is InChI=1S/C31H45N7O3/c1-31(2,3)38(30(39)40)20-10-17-33-29-34-25-12-8-7-11-23(25)28(35-29)37(22-15-18-32-19-16-22)21-24-26(36(4)5)13-9-14-27(24)41-6/h7-9,11-14,22,32H,10,15-21H2,1-6H3,(H,39,40)(H,33,34,35). The molecule has 1 aliphatic heterocycles. The topological polar surface area (TPSA) is 106 Å². The predicted molar refractivity (Wildman–Crippen MR) is 167 cm³/mol. The fraction of sp³-hybridized carbons (Fsp3) is 0.516. The van der Waals surface area contributed by atoms with Crippen LogP contribution in [0.1, 0.15) is 45.6 Å². The van der Waals surface area contributed by atoms with Crippen molar-refractivity contribution in [3.8, 4) is 5.75 Å². The minimum Gasteiger partial charge on any atom is -0.496 e. The fourth-order valence-corrected chi connectivity index (χ4v) is 5.50. The van der Waals surface area contributed by atoms with Gasteiger partial charge in [0.05, 0.1) is 19.2 Å². The van der Waals surface area contributed by atoms with Gasteiger partial charge >= 0.3 is 6.09 Å². The van der Waals surface area contributed by atoms with Crippen LogP contribution in [0.25, 0.3) is 10.9 Å². The number of nitrogens with one attached hydrogen (secondary N) is 2. The molecule has 0 unspecified atom stereocenters. The Kier molecular flexibility index (Phi) is 9.75.